The van der Waals surface area contributed by atoms with Crippen molar-refractivity contribution < 1.29 is 4.79 Å². The monoisotopic (exact) mass is 231 g/mol. The van der Waals surface area contributed by atoms with Gasteiger partial charge >= 0.3 is 0 Å². The van der Waals surface area contributed by atoms with E-state index in [4.69, 9.17) is 0 Å². The zero-order valence-electron chi connectivity index (χ0n) is 9.99. The number of carbonyl (C=O) groups excluding carboxylic acids is 1. The summed E-state index contributed by atoms with van der Waals surface area (Å²) in [5, 5.41) is 6.36. The molecule has 2 aliphatic rings. The fraction of sp³-hybridized carbons (Fsp3) is 0.462. The summed E-state index contributed by atoms with van der Waals surface area (Å²) in [5.41, 5.74) is 3.30. The van der Waals surface area contributed by atoms with Crippen LogP contribution in [-0.4, -0.2) is 31.6 Å². The lowest BCUT2D eigenvalue weighted by Crippen LogP contribution is -2.51. The average molecular weight is 231 g/mol. The summed E-state index contributed by atoms with van der Waals surface area (Å²) in [6.07, 6.45) is 0.570. The lowest BCUT2D eigenvalue weighted by Gasteiger charge is -2.36. The molecular formula is C13H17N3O. The van der Waals surface area contributed by atoms with Crippen LogP contribution in [0.3, 0.4) is 0 Å². The van der Waals surface area contributed by atoms with Gasteiger partial charge in [-0.3, -0.25) is 4.79 Å². The van der Waals surface area contributed by atoms with E-state index in [2.05, 4.69) is 33.7 Å². The van der Waals surface area contributed by atoms with Crippen LogP contribution in [0, 0.1) is 6.92 Å². The predicted octanol–water partition coefficient (Wildman–Crippen LogP) is 1.12. The molecule has 0 saturated carbocycles. The number of fused-ring (bicyclic) bond motifs is 3. The van der Waals surface area contributed by atoms with Crippen molar-refractivity contribution in [2.75, 3.05) is 29.9 Å². The van der Waals surface area contributed by atoms with Crippen molar-refractivity contribution in [3.05, 3.63) is 23.8 Å². The normalized spacial score (nSPS) is 23.5. The Bertz CT molecular complexity index is 458. The number of anilines is 2. The summed E-state index contributed by atoms with van der Waals surface area (Å²) >= 11 is 0. The van der Waals surface area contributed by atoms with Crippen LogP contribution in [0.2, 0.25) is 0 Å². The minimum atomic E-state index is 0.119. The second-order valence-corrected chi connectivity index (χ2v) is 4.82. The summed E-state index contributed by atoms with van der Waals surface area (Å²) in [4.78, 5) is 14.2. The highest BCUT2D eigenvalue weighted by Gasteiger charge is 2.29. The molecule has 0 aromatic heterocycles. The van der Waals surface area contributed by atoms with E-state index in [1.54, 1.807) is 0 Å². The molecule has 3 rings (SSSR count). The second-order valence-electron chi connectivity index (χ2n) is 4.82. The highest BCUT2D eigenvalue weighted by Crippen LogP contribution is 2.32. The number of aryl methyl sites for hydroxylation is 1. The highest BCUT2D eigenvalue weighted by atomic mass is 16.1. The van der Waals surface area contributed by atoms with Gasteiger partial charge in [0.1, 0.15) is 0 Å². The van der Waals surface area contributed by atoms with Crippen molar-refractivity contribution in [1.82, 2.24) is 5.32 Å². The number of amides is 1. The predicted molar refractivity (Wildman–Crippen MR) is 68.4 cm³/mol. The fourth-order valence-electron chi connectivity index (χ4n) is 2.68. The Hall–Kier alpha value is -1.55. The summed E-state index contributed by atoms with van der Waals surface area (Å²) in [7, 11) is 0. The molecular weight excluding hydrogens is 214 g/mol. The standard InChI is InChI=1S/C13H17N3O/c1-9-2-3-12-11(6-9)15-13(17)7-10-8-14-4-5-16(10)12/h2-3,6,10,14H,4-5,7-8H2,1H3,(H,15,17). The lowest BCUT2D eigenvalue weighted by molar-refractivity contribution is -0.116. The number of piperazine rings is 1. The van der Waals surface area contributed by atoms with Crippen LogP contribution >= 0.6 is 0 Å². The summed E-state index contributed by atoms with van der Waals surface area (Å²) in [5.74, 6) is 0.119. The zero-order valence-corrected chi connectivity index (χ0v) is 9.99. The molecule has 1 unspecified atom stereocenters. The largest absolute Gasteiger partial charge is 0.364 e. The van der Waals surface area contributed by atoms with E-state index in [0.29, 0.717) is 6.42 Å². The molecule has 1 aromatic rings. The van der Waals surface area contributed by atoms with Crippen LogP contribution in [0.25, 0.3) is 0 Å². The first-order chi connectivity index (χ1) is 8.24. The van der Waals surface area contributed by atoms with Gasteiger partial charge in [-0.2, -0.15) is 0 Å². The molecule has 1 atom stereocenters. The average Bonchev–Trinajstić information content (AvgIpc) is 2.43. The maximum atomic E-state index is 11.8. The quantitative estimate of drug-likeness (QED) is 0.703. The number of benzene rings is 1. The van der Waals surface area contributed by atoms with E-state index >= 15 is 0 Å². The number of hydrogen-bond acceptors (Lipinski definition) is 3. The van der Waals surface area contributed by atoms with Gasteiger partial charge in [-0.1, -0.05) is 6.07 Å². The van der Waals surface area contributed by atoms with Crippen LogP contribution in [0.1, 0.15) is 12.0 Å². The Morgan fingerprint density at radius 2 is 2.29 bits per heavy atom. The number of carbonyl (C=O) groups is 1. The Morgan fingerprint density at radius 3 is 3.18 bits per heavy atom. The van der Waals surface area contributed by atoms with Crippen molar-refractivity contribution in [2.45, 2.75) is 19.4 Å². The molecule has 2 N–H and O–H groups in total. The number of nitrogens with zero attached hydrogens (tertiary/aromatic N) is 1. The van der Waals surface area contributed by atoms with Gasteiger partial charge < -0.3 is 15.5 Å². The van der Waals surface area contributed by atoms with Gasteiger partial charge in [-0.05, 0) is 24.6 Å². The third-order valence-electron chi connectivity index (χ3n) is 3.51. The van der Waals surface area contributed by atoms with Gasteiger partial charge in [-0.25, -0.2) is 0 Å². The third-order valence-corrected chi connectivity index (χ3v) is 3.51. The Labute approximate surface area is 101 Å². The van der Waals surface area contributed by atoms with Crippen molar-refractivity contribution in [3.63, 3.8) is 0 Å². The molecule has 2 heterocycles. The van der Waals surface area contributed by atoms with Crippen LogP contribution in [0.5, 0.6) is 0 Å². The van der Waals surface area contributed by atoms with Crippen LogP contribution < -0.4 is 15.5 Å². The first-order valence-electron chi connectivity index (χ1n) is 6.12. The Morgan fingerprint density at radius 1 is 1.41 bits per heavy atom. The van der Waals surface area contributed by atoms with E-state index in [1.165, 1.54) is 5.56 Å². The summed E-state index contributed by atoms with van der Waals surface area (Å²) < 4.78 is 0. The molecule has 0 aliphatic carbocycles. The maximum absolute atomic E-state index is 11.8. The zero-order chi connectivity index (χ0) is 11.8. The molecule has 1 aromatic carbocycles. The molecule has 17 heavy (non-hydrogen) atoms. The highest BCUT2D eigenvalue weighted by molar-refractivity contribution is 5.97. The smallest absolute Gasteiger partial charge is 0.226 e. The maximum Gasteiger partial charge on any atom is 0.226 e. The molecule has 1 fully saturated rings. The Balaban J connectivity index is 2.05. The van der Waals surface area contributed by atoms with Crippen LogP contribution in [0.4, 0.5) is 11.4 Å². The second kappa shape index (κ2) is 4.04. The van der Waals surface area contributed by atoms with E-state index in [9.17, 15) is 4.79 Å². The van der Waals surface area contributed by atoms with Crippen LogP contribution in [0.15, 0.2) is 18.2 Å². The minimum absolute atomic E-state index is 0.119. The summed E-state index contributed by atoms with van der Waals surface area (Å²) in [6, 6.07) is 6.56. The third kappa shape index (κ3) is 1.89. The molecule has 0 spiro atoms. The van der Waals surface area contributed by atoms with Gasteiger partial charge in [0, 0.05) is 26.1 Å². The van der Waals surface area contributed by atoms with Crippen molar-refractivity contribution >= 4 is 17.3 Å². The van der Waals surface area contributed by atoms with E-state index in [0.717, 1.165) is 31.0 Å². The van der Waals surface area contributed by atoms with E-state index in [-0.39, 0.29) is 11.9 Å². The van der Waals surface area contributed by atoms with E-state index in [1.807, 2.05) is 6.92 Å². The topological polar surface area (TPSA) is 44.4 Å². The van der Waals surface area contributed by atoms with Gasteiger partial charge in [0.05, 0.1) is 17.4 Å². The number of rotatable bonds is 0. The molecule has 1 saturated heterocycles. The SMILES string of the molecule is Cc1ccc2c(c1)NC(=O)CC1CNCCN21. The fourth-order valence-corrected chi connectivity index (χ4v) is 2.68. The van der Waals surface area contributed by atoms with Gasteiger partial charge in [0.25, 0.3) is 0 Å². The molecule has 90 valence electrons. The molecule has 2 aliphatic heterocycles. The number of hydrogen-bond donors (Lipinski definition) is 2. The van der Waals surface area contributed by atoms with Gasteiger partial charge in [0.2, 0.25) is 5.91 Å². The van der Waals surface area contributed by atoms with Crippen LogP contribution in [-0.2, 0) is 4.79 Å². The minimum Gasteiger partial charge on any atom is -0.364 e. The molecule has 4 heteroatoms. The van der Waals surface area contributed by atoms with Crippen molar-refractivity contribution in [3.8, 4) is 0 Å². The molecule has 4 nitrogen and oxygen atoms in total. The molecule has 1 amide bonds. The number of nitrogens with one attached hydrogen (secondary N) is 2. The van der Waals surface area contributed by atoms with Crippen molar-refractivity contribution in [2.24, 2.45) is 0 Å². The van der Waals surface area contributed by atoms with Crippen molar-refractivity contribution in [1.29, 1.82) is 0 Å². The first-order valence-corrected chi connectivity index (χ1v) is 6.12. The lowest BCUT2D eigenvalue weighted by atomic mass is 10.1. The van der Waals surface area contributed by atoms with Gasteiger partial charge in [-0.15, -0.1) is 0 Å². The first kappa shape index (κ1) is 10.6. The van der Waals surface area contributed by atoms with Gasteiger partial charge in [0.15, 0.2) is 0 Å². The summed E-state index contributed by atoms with van der Waals surface area (Å²) in [6.45, 7) is 4.89. The van der Waals surface area contributed by atoms with E-state index < -0.39 is 0 Å². The molecule has 0 bridgehead atoms. The molecule has 0 radical (unpaired) electrons. The Kier molecular flexibility index (Phi) is 2.52.